The molecule has 8 nitrogen and oxygen atoms in total. The van der Waals surface area contributed by atoms with Crippen LogP contribution < -0.4 is 4.74 Å². The van der Waals surface area contributed by atoms with Gasteiger partial charge >= 0.3 is 5.97 Å². The number of amides is 1. The Bertz CT molecular complexity index is 1030. The maximum absolute atomic E-state index is 13.6. The van der Waals surface area contributed by atoms with Crippen LogP contribution in [-0.2, 0) is 24.1 Å². The smallest absolute Gasteiger partial charge is 0.338 e. The van der Waals surface area contributed by atoms with Gasteiger partial charge in [0, 0.05) is 18.8 Å². The minimum Gasteiger partial charge on any atom is -0.483 e. The van der Waals surface area contributed by atoms with Crippen molar-refractivity contribution < 1.29 is 33.7 Å². The molecule has 9 heteroatoms. The van der Waals surface area contributed by atoms with Crippen LogP contribution in [0.2, 0.25) is 0 Å². The number of hydrogen-bond acceptors (Lipinski definition) is 5. The molecule has 0 radical (unpaired) electrons. The van der Waals surface area contributed by atoms with Crippen LogP contribution in [0.4, 0.5) is 4.39 Å². The lowest BCUT2D eigenvalue weighted by molar-refractivity contribution is -0.122. The van der Waals surface area contributed by atoms with E-state index in [1.807, 2.05) is 6.07 Å². The van der Waals surface area contributed by atoms with E-state index in [1.165, 1.54) is 19.2 Å². The van der Waals surface area contributed by atoms with Crippen molar-refractivity contribution in [2.75, 3.05) is 20.2 Å². The van der Waals surface area contributed by atoms with Crippen molar-refractivity contribution in [1.82, 2.24) is 9.88 Å². The predicted octanol–water partition coefficient (Wildman–Crippen LogP) is 2.82. The summed E-state index contributed by atoms with van der Waals surface area (Å²) in [4.78, 5) is 38.9. The van der Waals surface area contributed by atoms with Crippen LogP contribution in [0.5, 0.6) is 5.88 Å². The van der Waals surface area contributed by atoms with Gasteiger partial charge in [-0.05, 0) is 67.3 Å². The molecule has 2 heterocycles. The lowest BCUT2D eigenvalue weighted by atomic mass is 9.97. The number of benzene rings is 1. The molecule has 32 heavy (non-hydrogen) atoms. The molecule has 1 aliphatic carbocycles. The highest BCUT2D eigenvalue weighted by atomic mass is 19.1. The molecule has 2 aliphatic rings. The number of halogens is 1. The third kappa shape index (κ3) is 5.04. The van der Waals surface area contributed by atoms with E-state index in [1.54, 1.807) is 11.0 Å². The fraction of sp³-hybridized carbons (Fsp3) is 0.391. The highest BCUT2D eigenvalue weighted by Gasteiger charge is 2.30. The summed E-state index contributed by atoms with van der Waals surface area (Å²) in [5, 5.41) is 16.0. The number of pyridine rings is 1. The van der Waals surface area contributed by atoms with Gasteiger partial charge in [0.05, 0.1) is 12.7 Å². The predicted molar refractivity (Wildman–Crippen MR) is 113 cm³/mol. The summed E-state index contributed by atoms with van der Waals surface area (Å²) < 4.78 is 19.0. The monoisotopic (exact) mass is 444 g/mol. The first-order valence-corrected chi connectivity index (χ1v) is 10.3. The molecule has 0 saturated carbocycles. The van der Waals surface area contributed by atoms with Crippen LogP contribution in [-0.4, -0.2) is 58.6 Å². The average molecular weight is 444 g/mol. The second kappa shape index (κ2) is 10.2. The average Bonchev–Trinajstić information content (AvgIpc) is 3.43. The lowest BCUT2D eigenvalue weighted by Gasteiger charge is -2.19. The van der Waals surface area contributed by atoms with E-state index in [-0.39, 0.29) is 23.9 Å². The molecule has 0 spiro atoms. The van der Waals surface area contributed by atoms with Crippen LogP contribution >= 0.6 is 0 Å². The minimum absolute atomic E-state index is 0.0862. The number of methoxy groups -OCH3 is 1. The topological polar surface area (TPSA) is 117 Å². The Hall–Kier alpha value is -3.49. The molecule has 1 fully saturated rings. The third-order valence-electron chi connectivity index (χ3n) is 5.80. The summed E-state index contributed by atoms with van der Waals surface area (Å²) in [5.74, 6) is -1.52. The number of rotatable bonds is 5. The summed E-state index contributed by atoms with van der Waals surface area (Å²) in [6.45, 7) is 0.940. The fourth-order valence-electron chi connectivity index (χ4n) is 4.31. The largest absolute Gasteiger partial charge is 0.483 e. The number of aromatic nitrogens is 1. The standard InChI is InChI=1S/C22H23FN2O4.CH2O2/c1-29-20-17(11-15-3-2-4-19(15)24-20)21(26)25-8-7-14(12-25)9-13-5-6-18(23)16(10-13)22(27)28;2-1-3/h5-6,10-11,14H,2-4,7-9,12H2,1H3,(H,27,28);1H,(H,2,3). The van der Waals surface area contributed by atoms with Crippen LogP contribution in [0.1, 0.15) is 50.4 Å². The van der Waals surface area contributed by atoms with E-state index in [0.717, 1.165) is 42.5 Å². The number of carbonyl (C=O) groups is 3. The molecule has 1 atom stereocenters. The second-order valence-electron chi connectivity index (χ2n) is 7.84. The molecule has 1 aromatic heterocycles. The zero-order valence-corrected chi connectivity index (χ0v) is 17.7. The lowest BCUT2D eigenvalue weighted by Crippen LogP contribution is -2.29. The van der Waals surface area contributed by atoms with Gasteiger partial charge in [0.15, 0.2) is 0 Å². The van der Waals surface area contributed by atoms with Crippen molar-refractivity contribution in [3.05, 3.63) is 58.0 Å². The van der Waals surface area contributed by atoms with Gasteiger partial charge in [-0.25, -0.2) is 14.2 Å². The van der Waals surface area contributed by atoms with Crippen molar-refractivity contribution in [2.45, 2.75) is 32.1 Å². The molecule has 1 aliphatic heterocycles. The Kier molecular flexibility index (Phi) is 7.40. The van der Waals surface area contributed by atoms with Gasteiger partial charge in [-0.1, -0.05) is 6.07 Å². The van der Waals surface area contributed by atoms with E-state index in [4.69, 9.17) is 19.7 Å². The first-order valence-electron chi connectivity index (χ1n) is 10.3. The van der Waals surface area contributed by atoms with Gasteiger partial charge in [0.2, 0.25) is 5.88 Å². The summed E-state index contributed by atoms with van der Waals surface area (Å²) in [6.07, 6.45) is 4.31. The highest BCUT2D eigenvalue weighted by molar-refractivity contribution is 5.97. The minimum atomic E-state index is -1.27. The molecule has 170 valence electrons. The van der Waals surface area contributed by atoms with E-state index >= 15 is 0 Å². The number of likely N-dealkylation sites (tertiary alicyclic amines) is 1. The van der Waals surface area contributed by atoms with Crippen molar-refractivity contribution in [3.8, 4) is 5.88 Å². The SMILES string of the molecule is COc1nc2c(cc1C(=O)N1CCC(Cc3ccc(F)c(C(=O)O)c3)C1)CCC2.O=CO. The number of aromatic carboxylic acids is 1. The molecular formula is C23H25FN2O6. The van der Waals surface area contributed by atoms with Crippen molar-refractivity contribution in [1.29, 1.82) is 0 Å². The highest BCUT2D eigenvalue weighted by Crippen LogP contribution is 2.29. The Labute approximate surface area is 184 Å². The number of ether oxygens (including phenoxy) is 1. The van der Waals surface area contributed by atoms with Crippen molar-refractivity contribution in [2.24, 2.45) is 5.92 Å². The number of carboxylic acids is 1. The molecular weight excluding hydrogens is 419 g/mol. The Morgan fingerprint density at radius 2 is 2.03 bits per heavy atom. The number of hydrogen-bond donors (Lipinski definition) is 2. The quantitative estimate of drug-likeness (QED) is 0.681. The summed E-state index contributed by atoms with van der Waals surface area (Å²) in [7, 11) is 1.53. The Balaban J connectivity index is 0.000000913. The van der Waals surface area contributed by atoms with Crippen LogP contribution in [0, 0.1) is 11.7 Å². The Morgan fingerprint density at radius 1 is 1.28 bits per heavy atom. The fourth-order valence-corrected chi connectivity index (χ4v) is 4.31. The number of nitrogens with zero attached hydrogens (tertiary/aromatic N) is 2. The van der Waals surface area contributed by atoms with Crippen LogP contribution in [0.25, 0.3) is 0 Å². The molecule has 2 N–H and O–H groups in total. The summed E-state index contributed by atoms with van der Waals surface area (Å²) in [5.41, 5.74) is 3.09. The van der Waals surface area contributed by atoms with Gasteiger partial charge in [-0.2, -0.15) is 0 Å². The van der Waals surface area contributed by atoms with Crippen LogP contribution in [0.15, 0.2) is 24.3 Å². The van der Waals surface area contributed by atoms with Crippen LogP contribution in [0.3, 0.4) is 0 Å². The van der Waals surface area contributed by atoms with Gasteiger partial charge in [0.25, 0.3) is 12.4 Å². The Morgan fingerprint density at radius 3 is 2.72 bits per heavy atom. The molecule has 1 saturated heterocycles. The molecule has 1 aromatic carbocycles. The maximum atomic E-state index is 13.6. The maximum Gasteiger partial charge on any atom is 0.338 e. The first kappa shape index (κ1) is 23.2. The molecule has 2 aromatic rings. The van der Waals surface area contributed by atoms with Crippen molar-refractivity contribution in [3.63, 3.8) is 0 Å². The first-order chi connectivity index (χ1) is 15.4. The summed E-state index contributed by atoms with van der Waals surface area (Å²) in [6, 6.07) is 6.11. The zero-order valence-electron chi connectivity index (χ0n) is 17.7. The number of carboxylic acid groups (broad SMARTS) is 2. The zero-order chi connectivity index (χ0) is 23.3. The van der Waals surface area contributed by atoms with E-state index in [9.17, 15) is 14.0 Å². The number of fused-ring (bicyclic) bond motifs is 1. The normalized spacial score (nSPS) is 16.7. The number of aryl methyl sites for hydroxylation is 2. The van der Waals surface area contributed by atoms with Crippen molar-refractivity contribution >= 4 is 18.3 Å². The molecule has 1 amide bonds. The number of carbonyl (C=O) groups excluding carboxylic acids is 1. The second-order valence-corrected chi connectivity index (χ2v) is 7.84. The van der Waals surface area contributed by atoms with E-state index in [0.29, 0.717) is 31.0 Å². The van der Waals surface area contributed by atoms with E-state index < -0.39 is 11.8 Å². The van der Waals surface area contributed by atoms with Gasteiger partial charge in [0.1, 0.15) is 11.4 Å². The molecule has 0 bridgehead atoms. The summed E-state index contributed by atoms with van der Waals surface area (Å²) >= 11 is 0. The third-order valence-corrected chi connectivity index (χ3v) is 5.80. The van der Waals surface area contributed by atoms with Gasteiger partial charge in [-0.15, -0.1) is 0 Å². The van der Waals surface area contributed by atoms with Gasteiger partial charge in [-0.3, -0.25) is 9.59 Å². The van der Waals surface area contributed by atoms with E-state index in [2.05, 4.69) is 4.98 Å². The van der Waals surface area contributed by atoms with Gasteiger partial charge < -0.3 is 19.8 Å². The molecule has 4 rings (SSSR count). The molecule has 1 unspecified atom stereocenters.